The predicted molar refractivity (Wildman–Crippen MR) is 97.4 cm³/mol. The van der Waals surface area contributed by atoms with Gasteiger partial charge in [0, 0.05) is 22.3 Å². The molecule has 1 aliphatic carbocycles. The Bertz CT molecular complexity index is 1030. The first kappa shape index (κ1) is 15.6. The van der Waals surface area contributed by atoms with Gasteiger partial charge in [-0.3, -0.25) is 0 Å². The zero-order chi connectivity index (χ0) is 18.0. The minimum absolute atomic E-state index is 0.0676. The van der Waals surface area contributed by atoms with Crippen molar-refractivity contribution >= 4 is 11.6 Å². The molecule has 6 nitrogen and oxygen atoms in total. The molecule has 1 saturated carbocycles. The van der Waals surface area contributed by atoms with E-state index in [2.05, 4.69) is 15.1 Å². The van der Waals surface area contributed by atoms with Crippen LogP contribution < -0.4 is 4.74 Å². The molecule has 2 atom stereocenters. The molecule has 0 N–H and O–H groups in total. The van der Waals surface area contributed by atoms with Gasteiger partial charge in [0.25, 0.3) is 5.89 Å². The van der Waals surface area contributed by atoms with E-state index in [-0.39, 0.29) is 17.8 Å². The van der Waals surface area contributed by atoms with E-state index in [1.807, 2.05) is 18.2 Å². The van der Waals surface area contributed by atoms with Crippen LogP contribution in [0.25, 0.3) is 22.8 Å². The van der Waals surface area contributed by atoms with Crippen LogP contribution >= 0.6 is 11.6 Å². The first-order valence-electron chi connectivity index (χ1n) is 9.16. The van der Waals surface area contributed by atoms with E-state index in [0.717, 1.165) is 29.5 Å². The topological polar surface area (TPSA) is 73.6 Å². The Kier molecular flexibility index (Phi) is 3.20. The van der Waals surface area contributed by atoms with Crippen molar-refractivity contribution in [2.45, 2.75) is 43.5 Å². The summed E-state index contributed by atoms with van der Waals surface area (Å²) in [6, 6.07) is 9.31. The molecule has 7 heteroatoms. The van der Waals surface area contributed by atoms with Crippen LogP contribution in [-0.2, 0) is 4.74 Å². The highest BCUT2D eigenvalue weighted by Crippen LogP contribution is 2.58. The normalized spacial score (nSPS) is 24.3. The van der Waals surface area contributed by atoms with Crippen molar-refractivity contribution in [3.8, 4) is 28.7 Å². The maximum atomic E-state index is 6.30. The van der Waals surface area contributed by atoms with Gasteiger partial charge in [0.15, 0.2) is 0 Å². The molecule has 4 heterocycles. The summed E-state index contributed by atoms with van der Waals surface area (Å²) in [6.45, 7) is 0. The second kappa shape index (κ2) is 5.53. The van der Waals surface area contributed by atoms with E-state index in [0.29, 0.717) is 22.6 Å². The first-order chi connectivity index (χ1) is 13.2. The number of aromatic nitrogens is 3. The molecule has 27 heavy (non-hydrogen) atoms. The van der Waals surface area contributed by atoms with Gasteiger partial charge >= 0.3 is 0 Å². The summed E-state index contributed by atoms with van der Waals surface area (Å²) in [6.07, 6.45) is 6.42. The Balaban J connectivity index is 1.33. The fraction of sp³-hybridized carbons (Fsp3) is 0.350. The largest absolute Gasteiger partial charge is 0.468 e. The lowest BCUT2D eigenvalue weighted by Gasteiger charge is -2.31. The number of benzene rings is 1. The van der Waals surface area contributed by atoms with E-state index in [4.69, 9.17) is 25.6 Å². The highest BCUT2D eigenvalue weighted by molar-refractivity contribution is 6.30. The Morgan fingerprint density at radius 3 is 2.70 bits per heavy atom. The third-order valence-corrected chi connectivity index (χ3v) is 5.97. The first-order valence-corrected chi connectivity index (χ1v) is 9.54. The van der Waals surface area contributed by atoms with Gasteiger partial charge < -0.3 is 14.0 Å². The molecule has 3 aliphatic rings. The monoisotopic (exact) mass is 381 g/mol. The predicted octanol–water partition coefficient (Wildman–Crippen LogP) is 4.60. The SMILES string of the molecule is Clc1ccc(-c2noc(-c3cnc4c(c3)[C@@H]3O[C@@H]3C3(CCCC3)O4)n2)cc1. The fourth-order valence-electron chi connectivity index (χ4n) is 4.29. The summed E-state index contributed by atoms with van der Waals surface area (Å²) in [7, 11) is 0. The molecule has 3 aromatic rings. The number of hydrogen-bond donors (Lipinski definition) is 0. The van der Waals surface area contributed by atoms with E-state index < -0.39 is 0 Å². The van der Waals surface area contributed by atoms with E-state index in [9.17, 15) is 0 Å². The van der Waals surface area contributed by atoms with Crippen molar-refractivity contribution < 1.29 is 14.0 Å². The number of ether oxygens (including phenoxy) is 2. The molecule has 6 rings (SSSR count). The van der Waals surface area contributed by atoms with E-state index >= 15 is 0 Å². The number of pyridine rings is 1. The van der Waals surface area contributed by atoms with E-state index in [1.54, 1.807) is 18.3 Å². The zero-order valence-corrected chi connectivity index (χ0v) is 15.1. The highest BCUT2D eigenvalue weighted by Gasteiger charge is 2.62. The smallest absolute Gasteiger partial charge is 0.259 e. The molecule has 2 aliphatic heterocycles. The van der Waals surface area contributed by atoms with Crippen LogP contribution in [0.15, 0.2) is 41.1 Å². The standard InChI is InChI=1S/C20H16ClN3O3/c21-13-5-3-11(4-6-13)17-23-18(27-24-17)12-9-14-15-16(25-15)20(7-1-2-8-20)26-19(14)22-10-12/h3-6,9-10,15-16H,1-2,7-8H2/t15-,16-/m0/s1. The number of halogens is 1. The van der Waals surface area contributed by atoms with Crippen LogP contribution in [-0.4, -0.2) is 26.8 Å². The lowest BCUT2D eigenvalue weighted by molar-refractivity contribution is 0.0375. The molecule has 1 saturated heterocycles. The molecular formula is C20H16ClN3O3. The molecular weight excluding hydrogens is 366 g/mol. The second-order valence-electron chi connectivity index (χ2n) is 7.40. The van der Waals surface area contributed by atoms with Gasteiger partial charge in [-0.25, -0.2) is 4.98 Å². The van der Waals surface area contributed by atoms with Crippen LogP contribution in [0.2, 0.25) is 5.02 Å². The van der Waals surface area contributed by atoms with Crippen LogP contribution in [0.1, 0.15) is 37.4 Å². The van der Waals surface area contributed by atoms with Gasteiger partial charge in [-0.2, -0.15) is 4.98 Å². The average molecular weight is 382 g/mol. The summed E-state index contributed by atoms with van der Waals surface area (Å²) in [5, 5.41) is 4.74. The Hall–Kier alpha value is -2.44. The zero-order valence-electron chi connectivity index (χ0n) is 14.4. The van der Waals surface area contributed by atoms with Crippen LogP contribution in [0.3, 0.4) is 0 Å². The quantitative estimate of drug-likeness (QED) is 0.604. The van der Waals surface area contributed by atoms with Gasteiger partial charge in [0.2, 0.25) is 11.7 Å². The van der Waals surface area contributed by atoms with Crippen LogP contribution in [0, 0.1) is 0 Å². The number of nitrogens with zero attached hydrogens (tertiary/aromatic N) is 3. The van der Waals surface area contributed by atoms with Crippen molar-refractivity contribution in [1.29, 1.82) is 0 Å². The fourth-order valence-corrected chi connectivity index (χ4v) is 4.42. The van der Waals surface area contributed by atoms with Gasteiger partial charge in [-0.05, 0) is 56.0 Å². The van der Waals surface area contributed by atoms with Crippen molar-refractivity contribution in [3.05, 3.63) is 47.1 Å². The summed E-state index contributed by atoms with van der Waals surface area (Å²) in [5.74, 6) is 1.62. The van der Waals surface area contributed by atoms with E-state index in [1.165, 1.54) is 12.8 Å². The number of epoxide rings is 1. The van der Waals surface area contributed by atoms with Gasteiger partial charge in [-0.1, -0.05) is 16.8 Å². The molecule has 0 bridgehead atoms. The maximum Gasteiger partial charge on any atom is 0.259 e. The Morgan fingerprint density at radius 1 is 1.07 bits per heavy atom. The maximum absolute atomic E-state index is 6.30. The number of rotatable bonds is 2. The molecule has 0 unspecified atom stereocenters. The molecule has 1 spiro atoms. The molecule has 0 radical (unpaired) electrons. The second-order valence-corrected chi connectivity index (χ2v) is 7.84. The van der Waals surface area contributed by atoms with Gasteiger partial charge in [0.1, 0.15) is 17.8 Å². The minimum Gasteiger partial charge on any atom is -0.468 e. The molecule has 1 aromatic carbocycles. The van der Waals surface area contributed by atoms with Crippen molar-refractivity contribution in [3.63, 3.8) is 0 Å². The average Bonchev–Trinajstić information content (AvgIpc) is 3.14. The molecule has 136 valence electrons. The highest BCUT2D eigenvalue weighted by atomic mass is 35.5. The third kappa shape index (κ3) is 2.40. The van der Waals surface area contributed by atoms with Crippen molar-refractivity contribution in [2.24, 2.45) is 0 Å². The summed E-state index contributed by atoms with van der Waals surface area (Å²) in [4.78, 5) is 9.03. The van der Waals surface area contributed by atoms with Crippen LogP contribution in [0.5, 0.6) is 5.88 Å². The Morgan fingerprint density at radius 2 is 1.89 bits per heavy atom. The van der Waals surface area contributed by atoms with Crippen molar-refractivity contribution in [1.82, 2.24) is 15.1 Å². The minimum atomic E-state index is -0.168. The van der Waals surface area contributed by atoms with Gasteiger partial charge in [-0.15, -0.1) is 0 Å². The van der Waals surface area contributed by atoms with Crippen molar-refractivity contribution in [2.75, 3.05) is 0 Å². The molecule has 2 fully saturated rings. The van der Waals surface area contributed by atoms with Crippen LogP contribution in [0.4, 0.5) is 0 Å². The summed E-state index contributed by atoms with van der Waals surface area (Å²) >= 11 is 5.93. The van der Waals surface area contributed by atoms with Gasteiger partial charge in [0.05, 0.1) is 5.56 Å². The Labute approximate surface area is 160 Å². The molecule has 2 aromatic heterocycles. The third-order valence-electron chi connectivity index (χ3n) is 5.72. The number of fused-ring (bicyclic) bond motifs is 4. The lowest BCUT2D eigenvalue weighted by atomic mass is 9.90. The summed E-state index contributed by atoms with van der Waals surface area (Å²) < 4.78 is 17.7. The summed E-state index contributed by atoms with van der Waals surface area (Å²) in [5.41, 5.74) is 2.42. The lowest BCUT2D eigenvalue weighted by Crippen LogP contribution is -2.41. The number of hydrogen-bond acceptors (Lipinski definition) is 6. The molecule has 0 amide bonds.